The monoisotopic (exact) mass is 263 g/mol. The number of carboxylic acids is 1. The quantitative estimate of drug-likeness (QED) is 0.849. The molecule has 0 spiro atoms. The number of likely N-dealkylation sites (tertiary alicyclic amines) is 1. The molecule has 1 aromatic heterocycles. The van der Waals surface area contributed by atoms with E-state index in [1.165, 1.54) is 12.8 Å². The van der Waals surface area contributed by atoms with Crippen LogP contribution in [0.15, 0.2) is 6.07 Å². The Morgan fingerprint density at radius 2 is 2.11 bits per heavy atom. The first-order valence-corrected chi connectivity index (χ1v) is 6.75. The Morgan fingerprint density at radius 3 is 2.74 bits per heavy atom. The zero-order valence-corrected chi connectivity index (χ0v) is 11.6. The number of hydrogen-bond donors (Lipinski definition) is 2. The van der Waals surface area contributed by atoms with Gasteiger partial charge in [-0.2, -0.15) is 0 Å². The van der Waals surface area contributed by atoms with Gasteiger partial charge in [-0.1, -0.05) is 0 Å². The zero-order valence-electron chi connectivity index (χ0n) is 11.6. The Kier molecular flexibility index (Phi) is 4.37. The third-order valence-corrected chi connectivity index (χ3v) is 3.48. The molecule has 0 amide bonds. The smallest absolute Gasteiger partial charge is 0.339 e. The van der Waals surface area contributed by atoms with E-state index in [1.807, 2.05) is 6.92 Å². The van der Waals surface area contributed by atoms with Gasteiger partial charge in [0.1, 0.15) is 5.56 Å². The summed E-state index contributed by atoms with van der Waals surface area (Å²) >= 11 is 0. The van der Waals surface area contributed by atoms with Crippen LogP contribution < -0.4 is 5.32 Å². The molecule has 0 aliphatic carbocycles. The number of carbonyl (C=O) groups is 1. The predicted octanol–water partition coefficient (Wildman–Crippen LogP) is 1.90. The fourth-order valence-electron chi connectivity index (χ4n) is 2.59. The van der Waals surface area contributed by atoms with E-state index in [1.54, 1.807) is 13.0 Å². The lowest BCUT2D eigenvalue weighted by molar-refractivity contribution is 0.0696. The predicted molar refractivity (Wildman–Crippen MR) is 74.8 cm³/mol. The zero-order chi connectivity index (χ0) is 13.8. The number of carboxylic acid groups (broad SMARTS) is 1. The lowest BCUT2D eigenvalue weighted by Crippen LogP contribution is -2.26. The highest BCUT2D eigenvalue weighted by atomic mass is 16.4. The van der Waals surface area contributed by atoms with Crippen LogP contribution in [0.2, 0.25) is 0 Å². The van der Waals surface area contributed by atoms with Gasteiger partial charge >= 0.3 is 5.97 Å². The number of pyridine rings is 1. The molecule has 0 unspecified atom stereocenters. The summed E-state index contributed by atoms with van der Waals surface area (Å²) in [6.45, 7) is 7.65. The molecule has 19 heavy (non-hydrogen) atoms. The Morgan fingerprint density at radius 1 is 1.42 bits per heavy atom. The maximum atomic E-state index is 11.3. The molecule has 0 aromatic carbocycles. The molecule has 2 rings (SSSR count). The minimum Gasteiger partial charge on any atom is -0.478 e. The van der Waals surface area contributed by atoms with Gasteiger partial charge in [0.05, 0.1) is 11.4 Å². The van der Waals surface area contributed by atoms with Crippen molar-refractivity contribution in [1.29, 1.82) is 0 Å². The maximum Gasteiger partial charge on any atom is 0.339 e. The van der Waals surface area contributed by atoms with Crippen molar-refractivity contribution in [2.45, 2.75) is 26.7 Å². The fraction of sp³-hybridized carbons (Fsp3) is 0.571. The van der Waals surface area contributed by atoms with Gasteiger partial charge in [-0.25, -0.2) is 4.79 Å². The second-order valence-corrected chi connectivity index (χ2v) is 5.05. The molecule has 1 aliphatic heterocycles. The first-order chi connectivity index (χ1) is 9.08. The van der Waals surface area contributed by atoms with Crippen molar-refractivity contribution in [2.75, 3.05) is 31.5 Å². The van der Waals surface area contributed by atoms with E-state index in [9.17, 15) is 9.90 Å². The molecule has 1 aromatic rings. The van der Waals surface area contributed by atoms with Crippen LogP contribution in [-0.2, 0) is 0 Å². The number of aromatic carboxylic acids is 1. The summed E-state index contributed by atoms with van der Waals surface area (Å²) in [6, 6.07) is 1.81. The SMILES string of the molecule is Cc1cc(NCCN2CCCC2)c(C(=O)O)c(C)n1. The summed E-state index contributed by atoms with van der Waals surface area (Å²) in [5, 5.41) is 12.5. The number of aromatic nitrogens is 1. The number of nitrogens with zero attached hydrogens (tertiary/aromatic N) is 2. The van der Waals surface area contributed by atoms with Gasteiger partial charge in [0.2, 0.25) is 0 Å². The summed E-state index contributed by atoms with van der Waals surface area (Å²) in [6.07, 6.45) is 2.54. The van der Waals surface area contributed by atoms with Crippen LogP contribution in [0.25, 0.3) is 0 Å². The molecule has 1 fully saturated rings. The van der Waals surface area contributed by atoms with Crippen LogP contribution in [0, 0.1) is 13.8 Å². The highest BCUT2D eigenvalue weighted by Gasteiger charge is 2.16. The second-order valence-electron chi connectivity index (χ2n) is 5.05. The highest BCUT2D eigenvalue weighted by molar-refractivity contribution is 5.95. The van der Waals surface area contributed by atoms with E-state index in [2.05, 4.69) is 15.2 Å². The lowest BCUT2D eigenvalue weighted by Gasteiger charge is -2.17. The second kappa shape index (κ2) is 6.02. The van der Waals surface area contributed by atoms with Gasteiger partial charge in [-0.05, 0) is 45.8 Å². The van der Waals surface area contributed by atoms with Crippen molar-refractivity contribution in [1.82, 2.24) is 9.88 Å². The maximum absolute atomic E-state index is 11.3. The third kappa shape index (κ3) is 3.44. The largest absolute Gasteiger partial charge is 0.478 e. The highest BCUT2D eigenvalue weighted by Crippen LogP contribution is 2.19. The van der Waals surface area contributed by atoms with E-state index in [0.717, 1.165) is 31.9 Å². The van der Waals surface area contributed by atoms with Gasteiger partial charge < -0.3 is 15.3 Å². The summed E-state index contributed by atoms with van der Waals surface area (Å²) in [7, 11) is 0. The van der Waals surface area contributed by atoms with Gasteiger partial charge in [-0.3, -0.25) is 4.98 Å². The number of hydrogen-bond acceptors (Lipinski definition) is 4. The minimum absolute atomic E-state index is 0.284. The molecule has 2 heterocycles. The molecule has 0 bridgehead atoms. The first kappa shape index (κ1) is 13.8. The van der Waals surface area contributed by atoms with Gasteiger partial charge in [0.25, 0.3) is 0 Å². The van der Waals surface area contributed by atoms with Gasteiger partial charge in [-0.15, -0.1) is 0 Å². The molecule has 0 radical (unpaired) electrons. The fourth-order valence-corrected chi connectivity index (χ4v) is 2.59. The minimum atomic E-state index is -0.923. The standard InChI is InChI=1S/C14H21N3O2/c1-10-9-12(13(14(18)19)11(2)16-10)15-5-8-17-6-3-4-7-17/h9H,3-8H2,1-2H3,(H,15,16)(H,18,19). The average Bonchev–Trinajstić information content (AvgIpc) is 2.80. The van der Waals surface area contributed by atoms with Gasteiger partial charge in [0.15, 0.2) is 0 Å². The Bertz CT molecular complexity index is 468. The molecule has 1 saturated heterocycles. The van der Waals surface area contributed by atoms with E-state index < -0.39 is 5.97 Å². The van der Waals surface area contributed by atoms with Crippen molar-refractivity contribution >= 4 is 11.7 Å². The molecule has 0 atom stereocenters. The van der Waals surface area contributed by atoms with Crippen molar-refractivity contribution in [3.05, 3.63) is 23.0 Å². The number of aryl methyl sites for hydroxylation is 2. The Labute approximate surface area is 113 Å². The molecule has 1 aliphatic rings. The Balaban J connectivity index is 2.03. The van der Waals surface area contributed by atoms with E-state index in [-0.39, 0.29) is 5.56 Å². The number of rotatable bonds is 5. The first-order valence-electron chi connectivity index (χ1n) is 6.75. The van der Waals surface area contributed by atoms with Gasteiger partial charge in [0, 0.05) is 18.8 Å². The Hall–Kier alpha value is -1.62. The molecular weight excluding hydrogens is 242 g/mol. The number of anilines is 1. The van der Waals surface area contributed by atoms with Crippen molar-refractivity contribution < 1.29 is 9.90 Å². The summed E-state index contributed by atoms with van der Waals surface area (Å²) in [4.78, 5) is 17.9. The van der Waals surface area contributed by atoms with Crippen LogP contribution in [0.3, 0.4) is 0 Å². The molecule has 5 nitrogen and oxygen atoms in total. The normalized spacial score (nSPS) is 15.7. The summed E-state index contributed by atoms with van der Waals surface area (Å²) in [5.74, 6) is -0.923. The van der Waals surface area contributed by atoms with E-state index in [4.69, 9.17) is 0 Å². The van der Waals surface area contributed by atoms with Crippen molar-refractivity contribution in [2.24, 2.45) is 0 Å². The molecule has 104 valence electrons. The molecule has 5 heteroatoms. The third-order valence-electron chi connectivity index (χ3n) is 3.48. The molecule has 0 saturated carbocycles. The average molecular weight is 263 g/mol. The lowest BCUT2D eigenvalue weighted by atomic mass is 10.1. The van der Waals surface area contributed by atoms with Crippen molar-refractivity contribution in [3.8, 4) is 0 Å². The summed E-state index contributed by atoms with van der Waals surface area (Å²) < 4.78 is 0. The van der Waals surface area contributed by atoms with Crippen LogP contribution >= 0.6 is 0 Å². The molecular formula is C14H21N3O2. The van der Waals surface area contributed by atoms with Crippen molar-refractivity contribution in [3.63, 3.8) is 0 Å². The van der Waals surface area contributed by atoms with E-state index in [0.29, 0.717) is 11.4 Å². The number of nitrogens with one attached hydrogen (secondary N) is 1. The van der Waals surface area contributed by atoms with Crippen LogP contribution in [0.1, 0.15) is 34.6 Å². The van der Waals surface area contributed by atoms with Crippen LogP contribution in [0.4, 0.5) is 5.69 Å². The summed E-state index contributed by atoms with van der Waals surface area (Å²) in [5.41, 5.74) is 2.37. The molecule has 2 N–H and O–H groups in total. The van der Waals surface area contributed by atoms with Crippen LogP contribution in [-0.4, -0.2) is 47.1 Å². The topological polar surface area (TPSA) is 65.5 Å². The van der Waals surface area contributed by atoms with Crippen LogP contribution in [0.5, 0.6) is 0 Å². The van der Waals surface area contributed by atoms with E-state index >= 15 is 0 Å².